The van der Waals surface area contributed by atoms with Crippen molar-refractivity contribution in [3.8, 4) is 11.1 Å². The van der Waals surface area contributed by atoms with Crippen LogP contribution in [0.25, 0.3) is 21.3 Å². The van der Waals surface area contributed by atoms with Crippen LogP contribution in [0, 0.1) is 6.92 Å². The van der Waals surface area contributed by atoms with E-state index in [1.165, 1.54) is 27.8 Å². The van der Waals surface area contributed by atoms with Gasteiger partial charge in [-0.3, -0.25) is 14.2 Å². The number of thiophene rings is 1. The second-order valence-corrected chi connectivity index (χ2v) is 9.07. The lowest BCUT2D eigenvalue weighted by molar-refractivity contribution is -0.121. The maximum Gasteiger partial charge on any atom is 0.263 e. The molecule has 0 saturated carbocycles. The molecular weight excluding hydrogens is 420 g/mol. The number of hydrazone groups is 1. The van der Waals surface area contributed by atoms with Crippen LogP contribution in [-0.2, 0) is 11.3 Å². The Morgan fingerprint density at radius 3 is 2.56 bits per heavy atom. The zero-order valence-corrected chi connectivity index (χ0v) is 19.0. The van der Waals surface area contributed by atoms with Gasteiger partial charge in [-0.15, -0.1) is 11.3 Å². The van der Waals surface area contributed by atoms with E-state index >= 15 is 0 Å². The number of nitrogens with zero attached hydrogens (tertiary/aromatic N) is 3. The zero-order valence-electron chi connectivity index (χ0n) is 18.2. The van der Waals surface area contributed by atoms with Crippen LogP contribution >= 0.6 is 11.3 Å². The predicted octanol–water partition coefficient (Wildman–Crippen LogP) is 4.71. The van der Waals surface area contributed by atoms with Gasteiger partial charge in [0, 0.05) is 10.4 Å². The maximum absolute atomic E-state index is 13.2. The topological polar surface area (TPSA) is 76.3 Å². The average Bonchev–Trinajstić information content (AvgIpc) is 3.13. The number of hydrogen-bond acceptors (Lipinski definition) is 5. The van der Waals surface area contributed by atoms with Crippen LogP contribution in [0.3, 0.4) is 0 Å². The Bertz CT molecular complexity index is 1340. The molecule has 0 aliphatic heterocycles. The largest absolute Gasteiger partial charge is 0.289 e. The quantitative estimate of drug-likeness (QED) is 0.346. The Hall–Kier alpha value is -3.58. The van der Waals surface area contributed by atoms with E-state index < -0.39 is 5.91 Å². The Morgan fingerprint density at radius 1 is 1.16 bits per heavy atom. The summed E-state index contributed by atoms with van der Waals surface area (Å²) in [7, 11) is 0. The first-order chi connectivity index (χ1) is 15.4. The van der Waals surface area contributed by atoms with Crippen molar-refractivity contribution in [2.75, 3.05) is 0 Å². The molecule has 2 aromatic carbocycles. The fourth-order valence-electron chi connectivity index (χ4n) is 3.54. The first-order valence-corrected chi connectivity index (χ1v) is 11.2. The number of hydrogen-bond donors (Lipinski definition) is 1. The maximum atomic E-state index is 13.2. The van der Waals surface area contributed by atoms with E-state index in [0.29, 0.717) is 16.1 Å². The Labute approximate surface area is 190 Å². The summed E-state index contributed by atoms with van der Waals surface area (Å²) >= 11 is 1.48. The van der Waals surface area contributed by atoms with Crippen LogP contribution in [-0.4, -0.2) is 21.7 Å². The lowest BCUT2D eigenvalue weighted by Crippen LogP contribution is -2.30. The van der Waals surface area contributed by atoms with Gasteiger partial charge in [-0.1, -0.05) is 68.4 Å². The summed E-state index contributed by atoms with van der Waals surface area (Å²) in [6, 6.07) is 17.8. The molecule has 4 rings (SSSR count). The molecule has 2 aromatic heterocycles. The summed E-state index contributed by atoms with van der Waals surface area (Å²) in [6.07, 6.45) is 3.01. The van der Waals surface area contributed by atoms with Crippen LogP contribution in [0.15, 0.2) is 70.8 Å². The van der Waals surface area contributed by atoms with Crippen molar-refractivity contribution in [2.45, 2.75) is 33.2 Å². The van der Waals surface area contributed by atoms with Gasteiger partial charge in [-0.25, -0.2) is 10.4 Å². The fraction of sp³-hybridized carbons (Fsp3) is 0.200. The number of carbonyl (C=O) groups excluding carboxylic acids is 1. The van der Waals surface area contributed by atoms with Crippen molar-refractivity contribution in [2.24, 2.45) is 5.10 Å². The molecule has 0 aliphatic rings. The van der Waals surface area contributed by atoms with Gasteiger partial charge in [-0.2, -0.15) is 5.10 Å². The molecule has 0 fully saturated rings. The first kappa shape index (κ1) is 21.6. The van der Waals surface area contributed by atoms with E-state index in [-0.39, 0.29) is 12.1 Å². The highest BCUT2D eigenvalue weighted by Crippen LogP contribution is 2.35. The normalized spacial score (nSPS) is 11.5. The van der Waals surface area contributed by atoms with Crippen LogP contribution in [0.1, 0.15) is 35.8 Å². The van der Waals surface area contributed by atoms with Crippen LogP contribution in [0.4, 0.5) is 0 Å². The van der Waals surface area contributed by atoms with E-state index in [9.17, 15) is 9.59 Å². The van der Waals surface area contributed by atoms with E-state index in [1.807, 2.05) is 61.5 Å². The summed E-state index contributed by atoms with van der Waals surface area (Å²) in [5, 5.41) is 4.56. The van der Waals surface area contributed by atoms with Crippen LogP contribution in [0.5, 0.6) is 0 Å². The van der Waals surface area contributed by atoms with Crippen molar-refractivity contribution in [3.05, 3.63) is 87.3 Å². The molecule has 0 aliphatic carbocycles. The van der Waals surface area contributed by atoms with Gasteiger partial charge >= 0.3 is 0 Å². The van der Waals surface area contributed by atoms with Crippen molar-refractivity contribution in [1.82, 2.24) is 15.0 Å². The highest BCUT2D eigenvalue weighted by Gasteiger charge is 2.17. The van der Waals surface area contributed by atoms with Crippen molar-refractivity contribution < 1.29 is 4.79 Å². The predicted molar refractivity (Wildman–Crippen MR) is 130 cm³/mol. The summed E-state index contributed by atoms with van der Waals surface area (Å²) in [6.45, 7) is 6.09. The van der Waals surface area contributed by atoms with Gasteiger partial charge in [0.25, 0.3) is 11.5 Å². The summed E-state index contributed by atoms with van der Waals surface area (Å²) in [4.78, 5) is 31.7. The lowest BCUT2D eigenvalue weighted by Gasteiger charge is -2.06. The minimum atomic E-state index is -0.392. The third-order valence-electron chi connectivity index (χ3n) is 5.24. The van der Waals surface area contributed by atoms with E-state index in [4.69, 9.17) is 0 Å². The van der Waals surface area contributed by atoms with Crippen LogP contribution in [0.2, 0.25) is 0 Å². The average molecular weight is 445 g/mol. The molecular formula is C25H24N4O2S. The molecule has 0 unspecified atom stereocenters. The summed E-state index contributed by atoms with van der Waals surface area (Å²) in [5.74, 6) is 0.0656. The number of fused-ring (bicyclic) bond motifs is 1. The number of rotatable bonds is 6. The third-order valence-corrected chi connectivity index (χ3v) is 6.25. The highest BCUT2D eigenvalue weighted by molar-refractivity contribution is 7.19. The molecule has 0 bridgehead atoms. The van der Waals surface area contributed by atoms with Gasteiger partial charge in [0.1, 0.15) is 11.4 Å². The molecule has 6 nitrogen and oxygen atoms in total. The third kappa shape index (κ3) is 4.53. The number of nitrogens with one attached hydrogen (secondary N) is 1. The molecule has 4 aromatic rings. The van der Waals surface area contributed by atoms with Crippen molar-refractivity contribution in [1.29, 1.82) is 0 Å². The number of amides is 1. The number of benzene rings is 2. The van der Waals surface area contributed by atoms with Gasteiger partial charge in [0.05, 0.1) is 17.9 Å². The molecule has 1 N–H and O–H groups in total. The van der Waals surface area contributed by atoms with E-state index in [0.717, 1.165) is 21.6 Å². The van der Waals surface area contributed by atoms with Gasteiger partial charge in [-0.05, 0) is 29.5 Å². The highest BCUT2D eigenvalue weighted by atomic mass is 32.1. The van der Waals surface area contributed by atoms with Crippen molar-refractivity contribution >= 4 is 33.7 Å². The minimum Gasteiger partial charge on any atom is -0.289 e. The minimum absolute atomic E-state index is 0.158. The SMILES string of the molecule is Cc1sc2ncn(CC(=O)N/N=C/c3ccc(C(C)C)cc3)c(=O)c2c1-c1ccccc1. The fourth-order valence-corrected chi connectivity index (χ4v) is 4.54. The molecule has 7 heteroatoms. The Kier molecular flexibility index (Phi) is 6.28. The summed E-state index contributed by atoms with van der Waals surface area (Å²) < 4.78 is 1.32. The number of aromatic nitrogens is 2. The Balaban J connectivity index is 1.52. The van der Waals surface area contributed by atoms with Crippen molar-refractivity contribution in [3.63, 3.8) is 0 Å². The molecule has 0 atom stereocenters. The standard InChI is InChI=1S/C25H24N4O2S/c1-16(2)19-11-9-18(10-12-19)13-27-28-21(30)14-29-15-26-24-23(25(29)31)22(17(3)32-24)20-7-5-4-6-8-20/h4-13,15-16H,14H2,1-3H3,(H,28,30)/b27-13+. The van der Waals surface area contributed by atoms with Crippen LogP contribution < -0.4 is 11.0 Å². The first-order valence-electron chi connectivity index (χ1n) is 10.4. The number of carbonyl (C=O) groups is 1. The molecule has 162 valence electrons. The van der Waals surface area contributed by atoms with Gasteiger partial charge < -0.3 is 0 Å². The zero-order chi connectivity index (χ0) is 22.7. The van der Waals surface area contributed by atoms with Gasteiger partial charge in [0.15, 0.2) is 0 Å². The molecule has 0 radical (unpaired) electrons. The van der Waals surface area contributed by atoms with E-state index in [1.54, 1.807) is 6.21 Å². The second kappa shape index (κ2) is 9.28. The molecule has 0 spiro atoms. The molecule has 1 amide bonds. The monoisotopic (exact) mass is 444 g/mol. The molecule has 0 saturated heterocycles. The van der Waals surface area contributed by atoms with Gasteiger partial charge in [0.2, 0.25) is 0 Å². The second-order valence-electron chi connectivity index (χ2n) is 7.87. The smallest absolute Gasteiger partial charge is 0.263 e. The summed E-state index contributed by atoms with van der Waals surface area (Å²) in [5.41, 5.74) is 6.22. The molecule has 2 heterocycles. The Morgan fingerprint density at radius 2 is 1.88 bits per heavy atom. The lowest BCUT2D eigenvalue weighted by atomic mass is 10.0. The van der Waals surface area contributed by atoms with E-state index in [2.05, 4.69) is 29.4 Å². The molecule has 32 heavy (non-hydrogen) atoms. The number of aryl methyl sites for hydroxylation is 1.